The third kappa shape index (κ3) is 1750. The van der Waals surface area contributed by atoms with Gasteiger partial charge in [-0.2, -0.15) is 151 Å². The molecule has 0 aromatic carbocycles. The number of aliphatic hydroxyl groups excluding tert-OH is 2. The number of aliphatic hydroxyl groups is 2. The Bertz CT molecular complexity index is 220. The van der Waals surface area contributed by atoms with Crippen LogP contribution in [0.15, 0.2) is 0 Å². The molecule has 0 heterocycles. The molecule has 0 amide bonds. The van der Waals surface area contributed by atoms with Gasteiger partial charge in [0.15, 0.2) is 0 Å². The van der Waals surface area contributed by atoms with Crippen molar-refractivity contribution in [3.8, 4) is 0 Å². The van der Waals surface area contributed by atoms with Gasteiger partial charge in [0.25, 0.3) is 0 Å². The van der Waals surface area contributed by atoms with Crippen LogP contribution in [0.2, 0.25) is 0 Å². The molecule has 2 N–H and O–H groups in total. The Morgan fingerprint density at radius 2 is 0.500 bits per heavy atom. The van der Waals surface area contributed by atoms with Gasteiger partial charge in [-0.1, -0.05) is 53.4 Å². The summed E-state index contributed by atoms with van der Waals surface area (Å²) in [5.41, 5.74) is 0. The van der Waals surface area contributed by atoms with Gasteiger partial charge in [-0.25, -0.2) is 0 Å². The molecule has 3 nitrogen and oxygen atoms in total. The Morgan fingerprint density at radius 3 is 0.500 bits per heavy atom. The van der Waals surface area contributed by atoms with E-state index in [0.717, 1.165) is 38.5 Å². The summed E-state index contributed by atoms with van der Waals surface area (Å²) in [5, 5.41) is 16.1. The minimum Gasteiger partial charge on any atom is 4.00 e. The van der Waals surface area contributed by atoms with Crippen LogP contribution >= 0.6 is 0 Å². The third-order valence-corrected chi connectivity index (χ3v) is 1.73. The van der Waals surface area contributed by atoms with Gasteiger partial charge in [-0.05, 0) is 12.8 Å². The van der Waals surface area contributed by atoms with Gasteiger partial charge in [-0.3, -0.25) is 0 Å². The molecule has 0 atom stereocenters. The van der Waals surface area contributed by atoms with E-state index < -0.39 is 0 Å². The number of hydrogen-bond acceptors (Lipinski definition) is 3. The van der Waals surface area contributed by atoms with Crippen molar-refractivity contribution in [1.29, 1.82) is 0 Å². The van der Waals surface area contributed by atoms with Gasteiger partial charge in [-0.15, -0.1) is 0 Å². The molecule has 0 aromatic heterocycles. The summed E-state index contributed by atoms with van der Waals surface area (Å²) in [4.78, 5) is 0. The fourth-order valence-electron chi connectivity index (χ4n) is 0.316. The molecule has 0 aliphatic heterocycles. The summed E-state index contributed by atoms with van der Waals surface area (Å²) in [6.07, 6.45) is 16.6. The van der Waals surface area contributed by atoms with Crippen LogP contribution in [-0.2, 0) is 79.9 Å². The Hall–Kier alpha value is 2.37. The largest absolute Gasteiger partial charge is 4.00 e. The fraction of sp³-hybridized carbons (Fsp3) is 0.773. The van der Waals surface area contributed by atoms with Crippen molar-refractivity contribution in [1.82, 2.24) is 0 Å². The summed E-state index contributed by atoms with van der Waals surface area (Å²) in [7, 11) is 0. The van der Waals surface area contributed by atoms with E-state index in [-0.39, 0.29) is 52.4 Å². The Morgan fingerprint density at radius 1 is 0.420 bits per heavy atom. The molecular formula is C44H102O3Zr3. The molecule has 0 rings (SSSR count). The molecule has 0 saturated carbocycles. The maximum absolute atomic E-state index is 8.34. The second-order valence-electron chi connectivity index (χ2n) is 12.2. The Kier molecular flexibility index (Phi) is 320. The zero-order valence-corrected chi connectivity index (χ0v) is 47.0. The first-order chi connectivity index (χ1) is 22.2. The first-order valence-electron chi connectivity index (χ1n) is 18.3. The van der Waals surface area contributed by atoms with Gasteiger partial charge in [0.2, 0.25) is 0 Å². The number of rotatable bonds is 6. The van der Waals surface area contributed by atoms with E-state index in [2.05, 4.69) is 125 Å². The minimum absolute atomic E-state index is 0. The van der Waals surface area contributed by atoms with Gasteiger partial charge in [0, 0.05) is 13.2 Å². The van der Waals surface area contributed by atoms with Crippen LogP contribution in [0.25, 0.3) is 0 Å². The monoisotopic (exact) mass is 948 g/mol. The molecule has 0 aromatic rings. The van der Waals surface area contributed by atoms with E-state index >= 15 is 0 Å². The van der Waals surface area contributed by atoms with Gasteiger partial charge >= 0.3 is 79.9 Å². The van der Waals surface area contributed by atoms with Crippen molar-refractivity contribution < 1.29 is 90.2 Å². The molecule has 0 aliphatic rings. The second-order valence-corrected chi connectivity index (χ2v) is 12.2. The van der Waals surface area contributed by atoms with Crippen LogP contribution in [0, 0.1) is 63.2 Å². The van der Waals surface area contributed by atoms with Crippen molar-refractivity contribution in [2.24, 2.45) is 0 Å². The summed E-state index contributed by atoms with van der Waals surface area (Å²) in [6, 6.07) is 0. The first kappa shape index (κ1) is 99.0. The summed E-state index contributed by atoms with van der Waals surface area (Å²) in [6.45, 7) is 57.2. The van der Waals surface area contributed by atoms with E-state index in [9.17, 15) is 0 Å². The maximum Gasteiger partial charge on any atom is 4.00 e. The zero-order chi connectivity index (χ0) is 42.2. The van der Waals surface area contributed by atoms with Crippen molar-refractivity contribution in [2.75, 3.05) is 13.2 Å². The predicted octanol–water partition coefficient (Wildman–Crippen LogP) is 16.1. The molecule has 0 bridgehead atoms. The van der Waals surface area contributed by atoms with Crippen molar-refractivity contribution in [3.63, 3.8) is 0 Å². The van der Waals surface area contributed by atoms with Crippen LogP contribution in [0.1, 0.15) is 218 Å². The van der Waals surface area contributed by atoms with Crippen LogP contribution in [0.4, 0.5) is 0 Å². The Balaban J connectivity index is -0.0000000205. The van der Waals surface area contributed by atoms with Gasteiger partial charge in [0.05, 0.1) is 0 Å². The van der Waals surface area contributed by atoms with Crippen LogP contribution in [-0.4, -0.2) is 23.4 Å². The zero-order valence-electron chi connectivity index (χ0n) is 39.6. The van der Waals surface area contributed by atoms with Gasteiger partial charge < -0.3 is 73.4 Å². The number of hydrogen-bond donors (Lipinski definition) is 2. The molecule has 50 heavy (non-hydrogen) atoms. The van der Waals surface area contributed by atoms with E-state index in [1.165, 1.54) is 36.5 Å². The summed E-state index contributed by atoms with van der Waals surface area (Å²) < 4.78 is 8.34. The topological polar surface area (TPSA) is 57.5 Å². The molecule has 308 valence electrons. The molecule has 0 saturated heterocycles. The SMILES string of the molecule is CCCCO.CCCCO.C[C-](C)C.C[C-](C)C.C[C-](C)C.C[C-](C)C.C[CH-]C.C[CH-]C.C[CH-]C.C[CH-]C.[CH2-]CCC.[CH2-]CCC.[O]=[Zr+2].[Zr+4].[Zr+4]. The summed E-state index contributed by atoms with van der Waals surface area (Å²) >= 11 is 0.300. The molecular weight excluding hydrogens is 850 g/mol. The second kappa shape index (κ2) is 162. The van der Waals surface area contributed by atoms with Crippen molar-refractivity contribution >= 4 is 0 Å². The standard InChI is InChI=1S/2C4H10O.6C4H9.4C3H7.O.3Zr/c2*1-2-3-4-5;4*1-4(2)3;2*1-3-4-2;4*1-3-2;;;;/h2*5H,2-4H2,1H3;4*1-3H3;2*1,3-4H2,2H3;4*3H,1-2H3;;;;/q;;10*-1;;+2;2*+4. The smallest absolute Gasteiger partial charge is 4.00 e. The van der Waals surface area contributed by atoms with E-state index in [4.69, 9.17) is 13.0 Å². The average molecular weight is 953 g/mol. The molecule has 0 radical (unpaired) electrons. The third-order valence-electron chi connectivity index (χ3n) is 1.73. The molecule has 0 fully saturated rings. The first-order valence-corrected chi connectivity index (χ1v) is 19.3. The molecule has 0 unspecified atom stereocenters. The fourth-order valence-corrected chi connectivity index (χ4v) is 0.316. The van der Waals surface area contributed by atoms with E-state index in [1.54, 1.807) is 0 Å². The summed E-state index contributed by atoms with van der Waals surface area (Å²) in [5.74, 6) is 5.67. The minimum atomic E-state index is 0. The molecule has 6 heteroatoms. The van der Waals surface area contributed by atoms with E-state index in [0.29, 0.717) is 37.9 Å². The van der Waals surface area contributed by atoms with Gasteiger partial charge in [0.1, 0.15) is 0 Å². The maximum atomic E-state index is 8.34. The van der Waals surface area contributed by atoms with Crippen molar-refractivity contribution in [2.45, 2.75) is 218 Å². The molecule has 0 spiro atoms. The predicted molar refractivity (Wildman–Crippen MR) is 229 cm³/mol. The van der Waals surface area contributed by atoms with Crippen LogP contribution in [0.5, 0.6) is 0 Å². The number of unbranched alkanes of at least 4 members (excludes halogenated alkanes) is 4. The van der Waals surface area contributed by atoms with Crippen molar-refractivity contribution in [3.05, 3.63) is 63.2 Å². The van der Waals surface area contributed by atoms with Crippen LogP contribution < -0.4 is 0 Å². The normalized spacial score (nSPS) is 7.32. The average Bonchev–Trinajstić information content (AvgIpc) is 2.96. The van der Waals surface area contributed by atoms with E-state index in [1.807, 2.05) is 81.1 Å². The quantitative estimate of drug-likeness (QED) is 0.261. The van der Waals surface area contributed by atoms with Crippen LogP contribution in [0.3, 0.4) is 0 Å². The Labute approximate surface area is 380 Å². The molecule has 0 aliphatic carbocycles.